The zero-order valence-corrected chi connectivity index (χ0v) is 16.1. The van der Waals surface area contributed by atoms with Crippen molar-refractivity contribution in [2.45, 2.75) is 19.4 Å². The Morgan fingerprint density at radius 1 is 1.29 bits per heavy atom. The van der Waals surface area contributed by atoms with Gasteiger partial charge in [-0.25, -0.2) is 18.3 Å². The zero-order chi connectivity index (χ0) is 20.7. The Labute approximate surface area is 161 Å². The summed E-state index contributed by atoms with van der Waals surface area (Å²) in [7, 11) is -1.94. The van der Waals surface area contributed by atoms with E-state index in [4.69, 9.17) is 9.47 Å². The van der Waals surface area contributed by atoms with Crippen molar-refractivity contribution >= 4 is 33.5 Å². The lowest BCUT2D eigenvalue weighted by atomic mass is 10.4. The van der Waals surface area contributed by atoms with E-state index in [2.05, 4.69) is 24.7 Å². The van der Waals surface area contributed by atoms with Gasteiger partial charge in [-0.05, 0) is 0 Å². The number of alkyl halides is 2. The molecule has 2 aromatic heterocycles. The summed E-state index contributed by atoms with van der Waals surface area (Å²) in [5.74, 6) is -0.334. The largest absolute Gasteiger partial charge is 0.467 e. The zero-order valence-electron chi connectivity index (χ0n) is 14.5. The standard InChI is InChI=1S/C12H15F2N7O5S2/c1-25-10-16-8(17-11(18-10)26-2)15-9(22)19-28(23,24)20-12-21(5-6-27-12)4-3-7(13)14/h5-7H,3-4H2,1-2H3,(H2,15,16,17,18,19,22). The average Bonchev–Trinajstić information content (AvgIpc) is 3.04. The van der Waals surface area contributed by atoms with Gasteiger partial charge in [-0.2, -0.15) is 18.4 Å². The van der Waals surface area contributed by atoms with Crippen LogP contribution in [0.15, 0.2) is 16.0 Å². The summed E-state index contributed by atoms with van der Waals surface area (Å²) in [6.45, 7) is -0.133. The molecule has 0 fully saturated rings. The van der Waals surface area contributed by atoms with Crippen molar-refractivity contribution < 1.29 is 31.5 Å². The summed E-state index contributed by atoms with van der Waals surface area (Å²) >= 11 is 0.904. The molecule has 154 valence electrons. The third kappa shape index (κ3) is 6.38. The van der Waals surface area contributed by atoms with Crippen LogP contribution in [0.25, 0.3) is 0 Å². The number of ether oxygens (including phenoxy) is 2. The van der Waals surface area contributed by atoms with Crippen LogP contribution in [0.2, 0.25) is 0 Å². The number of hydrogen-bond donors (Lipinski definition) is 2. The quantitative estimate of drug-likeness (QED) is 0.599. The van der Waals surface area contributed by atoms with E-state index in [0.29, 0.717) is 0 Å². The first-order chi connectivity index (χ1) is 13.2. The van der Waals surface area contributed by atoms with Crippen LogP contribution in [-0.2, 0) is 16.8 Å². The van der Waals surface area contributed by atoms with Gasteiger partial charge in [-0.1, -0.05) is 0 Å². The Kier molecular flexibility index (Phi) is 7.16. The van der Waals surface area contributed by atoms with Gasteiger partial charge in [-0.3, -0.25) is 5.32 Å². The number of aryl methyl sites for hydroxylation is 1. The van der Waals surface area contributed by atoms with Gasteiger partial charge >= 0.3 is 28.3 Å². The summed E-state index contributed by atoms with van der Waals surface area (Å²) in [6, 6.07) is -1.56. The number of hydrogen-bond acceptors (Lipinski definition) is 9. The van der Waals surface area contributed by atoms with E-state index < -0.39 is 29.1 Å². The first-order valence-corrected chi connectivity index (χ1v) is 9.70. The highest BCUT2D eigenvalue weighted by molar-refractivity contribution is 7.88. The molecule has 0 atom stereocenters. The van der Waals surface area contributed by atoms with Crippen LogP contribution in [0.1, 0.15) is 6.42 Å². The summed E-state index contributed by atoms with van der Waals surface area (Å²) < 4.78 is 64.6. The van der Waals surface area contributed by atoms with Crippen molar-refractivity contribution in [3.63, 3.8) is 0 Å². The molecule has 28 heavy (non-hydrogen) atoms. The number of nitrogens with one attached hydrogen (secondary N) is 2. The first kappa shape index (κ1) is 21.4. The molecule has 0 aromatic carbocycles. The van der Waals surface area contributed by atoms with Crippen LogP contribution in [-0.4, -0.2) is 54.6 Å². The number of halogens is 2. The van der Waals surface area contributed by atoms with Crippen molar-refractivity contribution in [3.05, 3.63) is 16.4 Å². The molecule has 0 unspecified atom stereocenters. The van der Waals surface area contributed by atoms with Crippen molar-refractivity contribution in [3.8, 4) is 12.0 Å². The highest BCUT2D eigenvalue weighted by Crippen LogP contribution is 2.11. The van der Waals surface area contributed by atoms with E-state index in [1.165, 1.54) is 30.4 Å². The Morgan fingerprint density at radius 2 is 1.93 bits per heavy atom. The normalized spacial score (nSPS) is 12.1. The second-order valence-electron chi connectivity index (χ2n) is 4.81. The van der Waals surface area contributed by atoms with E-state index in [1.54, 1.807) is 4.72 Å². The number of aromatic nitrogens is 4. The lowest BCUT2D eigenvalue weighted by molar-refractivity contribution is 0.131. The highest BCUT2D eigenvalue weighted by Gasteiger charge is 2.16. The maximum absolute atomic E-state index is 12.3. The minimum atomic E-state index is -4.48. The Morgan fingerprint density at radius 3 is 2.50 bits per heavy atom. The molecule has 12 nitrogen and oxygen atoms in total. The van der Waals surface area contributed by atoms with Crippen molar-refractivity contribution in [2.24, 2.45) is 4.40 Å². The second-order valence-corrected chi connectivity index (χ2v) is 7.02. The van der Waals surface area contributed by atoms with Crippen LogP contribution in [0.5, 0.6) is 12.0 Å². The number of rotatable bonds is 8. The van der Waals surface area contributed by atoms with Gasteiger partial charge in [-0.15, -0.1) is 20.7 Å². The van der Waals surface area contributed by atoms with Crippen LogP contribution in [0.3, 0.4) is 0 Å². The molecule has 0 saturated carbocycles. The van der Waals surface area contributed by atoms with Crippen LogP contribution in [0.4, 0.5) is 19.5 Å². The minimum absolute atomic E-state index is 0.0792. The molecule has 0 aliphatic carbocycles. The van der Waals surface area contributed by atoms with Crippen LogP contribution >= 0.6 is 11.3 Å². The van der Waals surface area contributed by atoms with Gasteiger partial charge in [0.25, 0.3) is 0 Å². The SMILES string of the molecule is COc1nc(NC(=O)NS(=O)(=O)N=c2sccn2CCC(F)F)nc(OC)n1. The van der Waals surface area contributed by atoms with Crippen LogP contribution < -0.4 is 24.3 Å². The Balaban J connectivity index is 2.12. The predicted molar refractivity (Wildman–Crippen MR) is 92.5 cm³/mol. The van der Waals surface area contributed by atoms with Crippen molar-refractivity contribution in [2.75, 3.05) is 19.5 Å². The molecule has 16 heteroatoms. The summed E-state index contributed by atoms with van der Waals surface area (Å²) in [5.41, 5.74) is 0. The highest BCUT2D eigenvalue weighted by atomic mass is 32.2. The molecule has 2 aromatic rings. The van der Waals surface area contributed by atoms with Gasteiger partial charge in [0.15, 0.2) is 0 Å². The second kappa shape index (κ2) is 9.36. The van der Waals surface area contributed by atoms with Gasteiger partial charge < -0.3 is 14.0 Å². The Hall–Kier alpha value is -2.88. The lowest BCUT2D eigenvalue weighted by Gasteiger charge is -2.07. The fraction of sp³-hybridized carbons (Fsp3) is 0.417. The van der Waals surface area contributed by atoms with Gasteiger partial charge in [0.2, 0.25) is 17.2 Å². The van der Waals surface area contributed by atoms with Crippen LogP contribution in [0, 0.1) is 0 Å². The number of amides is 2. The molecule has 0 bridgehead atoms. The summed E-state index contributed by atoms with van der Waals surface area (Å²) in [4.78, 5) is 23.0. The number of thiazole rings is 1. The number of anilines is 1. The molecule has 2 N–H and O–H groups in total. The van der Waals surface area contributed by atoms with E-state index in [1.807, 2.05) is 0 Å². The van der Waals surface area contributed by atoms with E-state index in [0.717, 1.165) is 11.3 Å². The molecule has 0 radical (unpaired) electrons. The number of nitrogens with zero attached hydrogens (tertiary/aromatic N) is 5. The molecule has 0 aliphatic rings. The van der Waals surface area contributed by atoms with Crippen molar-refractivity contribution in [1.82, 2.24) is 24.2 Å². The summed E-state index contributed by atoms with van der Waals surface area (Å²) in [5, 5.41) is 3.54. The molecule has 2 rings (SSSR count). The monoisotopic (exact) mass is 439 g/mol. The maximum Gasteiger partial charge on any atom is 0.348 e. The van der Waals surface area contributed by atoms with Gasteiger partial charge in [0.1, 0.15) is 0 Å². The Bertz CT molecular complexity index is 970. The smallest absolute Gasteiger partial charge is 0.348 e. The predicted octanol–water partition coefficient (Wildman–Crippen LogP) is 0.374. The topological polar surface area (TPSA) is 150 Å². The molecule has 0 saturated heterocycles. The third-order valence-electron chi connectivity index (χ3n) is 2.85. The molecule has 0 aliphatic heterocycles. The fourth-order valence-electron chi connectivity index (χ4n) is 1.72. The molecule has 2 heterocycles. The van der Waals surface area contributed by atoms with E-state index in [9.17, 15) is 22.0 Å². The molecule has 0 spiro atoms. The van der Waals surface area contributed by atoms with Gasteiger partial charge in [0.05, 0.1) is 14.2 Å². The van der Waals surface area contributed by atoms with Gasteiger partial charge in [0, 0.05) is 24.5 Å². The fourth-order valence-corrected chi connectivity index (χ4v) is 3.45. The molecular formula is C12H15F2N7O5S2. The number of carbonyl (C=O) groups is 1. The minimum Gasteiger partial charge on any atom is -0.467 e. The van der Waals surface area contributed by atoms with E-state index in [-0.39, 0.29) is 29.3 Å². The molecule has 2 amide bonds. The van der Waals surface area contributed by atoms with Crippen molar-refractivity contribution in [1.29, 1.82) is 0 Å². The first-order valence-electron chi connectivity index (χ1n) is 7.38. The average molecular weight is 439 g/mol. The number of urea groups is 1. The summed E-state index contributed by atoms with van der Waals surface area (Å²) in [6.07, 6.45) is -1.61. The molecular weight excluding hydrogens is 424 g/mol. The maximum atomic E-state index is 12.3. The number of methoxy groups -OCH3 is 2. The number of carbonyl (C=O) groups excluding carboxylic acids is 1. The van der Waals surface area contributed by atoms with E-state index >= 15 is 0 Å². The lowest BCUT2D eigenvalue weighted by Crippen LogP contribution is -2.35. The third-order valence-corrected chi connectivity index (χ3v) is 4.62.